The van der Waals surface area contributed by atoms with E-state index in [2.05, 4.69) is 4.72 Å². The third-order valence-corrected chi connectivity index (χ3v) is 3.80. The highest BCUT2D eigenvalue weighted by Gasteiger charge is 2.23. The maximum Gasteiger partial charge on any atom is 0.243 e. The second-order valence-corrected chi connectivity index (χ2v) is 5.61. The number of nitrogens with two attached hydrogens (primary N) is 1. The molecule has 0 aliphatic heterocycles. The zero-order chi connectivity index (χ0) is 13.2. The van der Waals surface area contributed by atoms with Crippen molar-refractivity contribution in [2.45, 2.75) is 17.9 Å². The van der Waals surface area contributed by atoms with Crippen LogP contribution >= 0.6 is 11.6 Å². The van der Waals surface area contributed by atoms with Crippen LogP contribution in [-0.4, -0.2) is 26.2 Å². The minimum absolute atomic E-state index is 0.0356. The third-order valence-electron chi connectivity index (χ3n) is 1.94. The second kappa shape index (κ2) is 5.18. The van der Waals surface area contributed by atoms with Crippen molar-refractivity contribution in [1.29, 1.82) is 0 Å². The van der Waals surface area contributed by atoms with Gasteiger partial charge in [0, 0.05) is 11.7 Å². The molecule has 0 aromatic heterocycles. The Bertz CT molecular complexity index is 521. The second-order valence-electron chi connectivity index (χ2n) is 3.52. The zero-order valence-corrected chi connectivity index (χ0v) is 10.5. The van der Waals surface area contributed by atoms with Gasteiger partial charge in [-0.1, -0.05) is 11.6 Å². The number of anilines is 1. The molecule has 1 unspecified atom stereocenters. The van der Waals surface area contributed by atoms with Crippen molar-refractivity contribution in [1.82, 2.24) is 4.72 Å². The highest BCUT2D eigenvalue weighted by Crippen LogP contribution is 2.25. The van der Waals surface area contributed by atoms with Crippen LogP contribution in [0.15, 0.2) is 17.0 Å². The van der Waals surface area contributed by atoms with Gasteiger partial charge in [0.25, 0.3) is 0 Å². The third kappa shape index (κ3) is 3.29. The van der Waals surface area contributed by atoms with Crippen LogP contribution in [0.4, 0.5) is 10.1 Å². The van der Waals surface area contributed by atoms with Gasteiger partial charge in [0.15, 0.2) is 5.82 Å². The van der Waals surface area contributed by atoms with E-state index in [1.54, 1.807) is 0 Å². The average molecular weight is 283 g/mol. The smallest absolute Gasteiger partial charge is 0.243 e. The molecule has 96 valence electrons. The van der Waals surface area contributed by atoms with Crippen LogP contribution < -0.4 is 10.5 Å². The van der Waals surface area contributed by atoms with E-state index < -0.39 is 33.4 Å². The van der Waals surface area contributed by atoms with Gasteiger partial charge in [-0.3, -0.25) is 0 Å². The Morgan fingerprint density at radius 3 is 2.71 bits per heavy atom. The van der Waals surface area contributed by atoms with Gasteiger partial charge in [0.2, 0.25) is 10.0 Å². The summed E-state index contributed by atoms with van der Waals surface area (Å²) in [6.07, 6.45) is 0. The molecule has 5 nitrogen and oxygen atoms in total. The van der Waals surface area contributed by atoms with E-state index in [0.29, 0.717) is 0 Å². The summed E-state index contributed by atoms with van der Waals surface area (Å²) in [5.74, 6) is -1.07. The Kier molecular flexibility index (Phi) is 4.31. The highest BCUT2D eigenvalue weighted by molar-refractivity contribution is 7.89. The number of nitrogens with one attached hydrogen (secondary N) is 1. The molecule has 0 heterocycles. The van der Waals surface area contributed by atoms with Crippen molar-refractivity contribution in [3.05, 3.63) is 23.0 Å². The molecule has 0 saturated carbocycles. The summed E-state index contributed by atoms with van der Waals surface area (Å²) in [7, 11) is -4.10. The number of rotatable bonds is 4. The molecule has 1 rings (SSSR count). The quantitative estimate of drug-likeness (QED) is 0.710. The minimum atomic E-state index is -4.10. The number of aliphatic hydroxyl groups excluding tert-OH is 1. The number of nitrogen functional groups attached to an aromatic ring is 1. The average Bonchev–Trinajstić information content (AvgIpc) is 2.22. The normalized spacial score (nSPS) is 13.6. The first-order valence-electron chi connectivity index (χ1n) is 4.65. The summed E-state index contributed by atoms with van der Waals surface area (Å²) in [6.45, 7) is 1.03. The molecule has 1 aromatic carbocycles. The number of aliphatic hydroxyl groups is 1. The van der Waals surface area contributed by atoms with Gasteiger partial charge < -0.3 is 10.8 Å². The van der Waals surface area contributed by atoms with Crippen molar-refractivity contribution < 1.29 is 17.9 Å². The predicted molar refractivity (Wildman–Crippen MR) is 62.7 cm³/mol. The fraction of sp³-hybridized carbons (Fsp3) is 0.333. The van der Waals surface area contributed by atoms with Crippen LogP contribution in [0.3, 0.4) is 0 Å². The number of sulfonamides is 1. The summed E-state index contributed by atoms with van der Waals surface area (Å²) in [5, 5.41) is 8.38. The molecule has 1 aromatic rings. The van der Waals surface area contributed by atoms with Gasteiger partial charge >= 0.3 is 0 Å². The van der Waals surface area contributed by atoms with Gasteiger partial charge in [-0.2, -0.15) is 0 Å². The monoisotopic (exact) mass is 282 g/mol. The molecule has 1 atom stereocenters. The van der Waals surface area contributed by atoms with Crippen LogP contribution in [0.25, 0.3) is 0 Å². The van der Waals surface area contributed by atoms with E-state index in [-0.39, 0.29) is 10.7 Å². The predicted octanol–water partition coefficient (Wildman–Crippen LogP) is 0.720. The molecule has 0 aliphatic rings. The molecule has 0 bridgehead atoms. The van der Waals surface area contributed by atoms with Crippen LogP contribution in [-0.2, 0) is 10.0 Å². The fourth-order valence-electron chi connectivity index (χ4n) is 1.14. The molecule has 0 amide bonds. The Morgan fingerprint density at radius 1 is 1.59 bits per heavy atom. The lowest BCUT2D eigenvalue weighted by Gasteiger charge is -2.13. The molecule has 0 saturated heterocycles. The standard InChI is InChI=1S/C9H12ClFN2O3S/c1-5(4-14)13-17(15,16)8-3-6(12)2-7(10)9(8)11/h2-3,5,13-14H,4,12H2,1H3. The minimum Gasteiger partial charge on any atom is -0.399 e. The van der Waals surface area contributed by atoms with Gasteiger partial charge in [-0.05, 0) is 19.1 Å². The van der Waals surface area contributed by atoms with E-state index in [1.165, 1.54) is 6.92 Å². The van der Waals surface area contributed by atoms with E-state index in [9.17, 15) is 12.8 Å². The first kappa shape index (κ1) is 14.2. The molecule has 0 radical (unpaired) electrons. The summed E-state index contributed by atoms with van der Waals surface area (Å²) < 4.78 is 39.1. The molecule has 4 N–H and O–H groups in total. The lowest BCUT2D eigenvalue weighted by atomic mass is 10.3. The van der Waals surface area contributed by atoms with Crippen LogP contribution in [0, 0.1) is 5.82 Å². The number of hydrogen-bond donors (Lipinski definition) is 3. The Morgan fingerprint density at radius 2 is 2.18 bits per heavy atom. The van der Waals surface area contributed by atoms with Crippen molar-refractivity contribution in [3.63, 3.8) is 0 Å². The molecule has 8 heteroatoms. The van der Waals surface area contributed by atoms with Crippen molar-refractivity contribution in [3.8, 4) is 0 Å². The van der Waals surface area contributed by atoms with Crippen molar-refractivity contribution in [2.24, 2.45) is 0 Å². The zero-order valence-electron chi connectivity index (χ0n) is 8.94. The Hall–Kier alpha value is -0.890. The van der Waals surface area contributed by atoms with E-state index in [1.807, 2.05) is 0 Å². The Labute approximate surface area is 103 Å². The summed E-state index contributed by atoms with van der Waals surface area (Å²) >= 11 is 5.50. The number of halogens is 2. The summed E-state index contributed by atoms with van der Waals surface area (Å²) in [5.41, 5.74) is 5.43. The number of benzene rings is 1. The largest absolute Gasteiger partial charge is 0.399 e. The molecule has 0 spiro atoms. The first-order valence-corrected chi connectivity index (χ1v) is 6.51. The van der Waals surface area contributed by atoms with Crippen LogP contribution in [0.2, 0.25) is 5.02 Å². The summed E-state index contributed by atoms with van der Waals surface area (Å²) in [4.78, 5) is -0.636. The maximum atomic E-state index is 13.6. The first-order chi connectivity index (χ1) is 7.77. The topological polar surface area (TPSA) is 92.4 Å². The molecule has 0 fully saturated rings. The van der Waals surface area contributed by atoms with Crippen molar-refractivity contribution >= 4 is 27.3 Å². The molecule has 17 heavy (non-hydrogen) atoms. The van der Waals surface area contributed by atoms with Gasteiger partial charge in [-0.15, -0.1) is 0 Å². The van der Waals surface area contributed by atoms with Crippen molar-refractivity contribution in [2.75, 3.05) is 12.3 Å². The van der Waals surface area contributed by atoms with Gasteiger partial charge in [0.05, 0.1) is 11.6 Å². The lowest BCUT2D eigenvalue weighted by molar-refractivity contribution is 0.265. The lowest BCUT2D eigenvalue weighted by Crippen LogP contribution is -2.35. The van der Waals surface area contributed by atoms with E-state index in [4.69, 9.17) is 22.4 Å². The molecular formula is C9H12ClFN2O3S. The SMILES string of the molecule is CC(CO)NS(=O)(=O)c1cc(N)cc(Cl)c1F. The molecule has 0 aliphatic carbocycles. The molecular weight excluding hydrogens is 271 g/mol. The maximum absolute atomic E-state index is 13.6. The van der Waals surface area contributed by atoms with Gasteiger partial charge in [-0.25, -0.2) is 17.5 Å². The van der Waals surface area contributed by atoms with E-state index >= 15 is 0 Å². The highest BCUT2D eigenvalue weighted by atomic mass is 35.5. The van der Waals surface area contributed by atoms with Crippen LogP contribution in [0.1, 0.15) is 6.92 Å². The van der Waals surface area contributed by atoms with Gasteiger partial charge in [0.1, 0.15) is 4.90 Å². The fourth-order valence-corrected chi connectivity index (χ4v) is 2.80. The van der Waals surface area contributed by atoms with E-state index in [0.717, 1.165) is 12.1 Å². The Balaban J connectivity index is 3.24. The van der Waals surface area contributed by atoms with Crippen LogP contribution in [0.5, 0.6) is 0 Å². The summed E-state index contributed by atoms with van der Waals surface area (Å²) in [6, 6.07) is 1.35. The number of hydrogen-bond acceptors (Lipinski definition) is 4.